The summed E-state index contributed by atoms with van der Waals surface area (Å²) in [5.41, 5.74) is 2.76. The third-order valence-corrected chi connectivity index (χ3v) is 2.50. The minimum atomic E-state index is 0.614. The smallest absolute Gasteiger partial charge is 0.0102 e. The van der Waals surface area contributed by atoms with E-state index in [2.05, 4.69) is 43.4 Å². The van der Waals surface area contributed by atoms with E-state index in [-0.39, 0.29) is 0 Å². The molecule has 0 amide bonds. The van der Waals surface area contributed by atoms with Gasteiger partial charge in [0.25, 0.3) is 0 Å². The molecule has 1 rings (SSSR count). The van der Waals surface area contributed by atoms with Gasteiger partial charge in [0.1, 0.15) is 0 Å². The first kappa shape index (κ1) is 10.3. The minimum absolute atomic E-state index is 0.614. The van der Waals surface area contributed by atoms with E-state index in [0.29, 0.717) is 6.04 Å². The molecule has 1 heteroatoms. The second kappa shape index (κ2) is 5.03. The molecule has 0 fully saturated rings. The number of rotatable bonds is 4. The first-order chi connectivity index (χ1) is 6.26. The largest absolute Gasteiger partial charge is 0.317 e. The lowest BCUT2D eigenvalue weighted by Crippen LogP contribution is -2.26. The van der Waals surface area contributed by atoms with Crippen molar-refractivity contribution in [3.8, 4) is 0 Å². The zero-order valence-corrected chi connectivity index (χ0v) is 8.80. The molecule has 0 saturated carbocycles. The van der Waals surface area contributed by atoms with Crippen LogP contribution in [0.3, 0.4) is 0 Å². The van der Waals surface area contributed by atoms with Crippen LogP contribution in [-0.2, 0) is 6.42 Å². The summed E-state index contributed by atoms with van der Waals surface area (Å²) in [4.78, 5) is 0. The molecule has 1 N–H and O–H groups in total. The lowest BCUT2D eigenvalue weighted by atomic mass is 10.0. The van der Waals surface area contributed by atoms with Crippen LogP contribution in [0.1, 0.15) is 24.5 Å². The molecular formula is C12H19N. The predicted octanol–water partition coefficient (Wildman–Crippen LogP) is 2.54. The molecule has 0 heterocycles. The van der Waals surface area contributed by atoms with Gasteiger partial charge in [-0.2, -0.15) is 0 Å². The molecule has 0 unspecified atom stereocenters. The highest BCUT2D eigenvalue weighted by atomic mass is 14.9. The molecule has 0 bridgehead atoms. The van der Waals surface area contributed by atoms with E-state index < -0.39 is 0 Å². The molecule has 1 nitrogen and oxygen atoms in total. The number of aryl methyl sites for hydroxylation is 1. The van der Waals surface area contributed by atoms with Crippen molar-refractivity contribution in [1.29, 1.82) is 0 Å². The summed E-state index contributed by atoms with van der Waals surface area (Å²) in [5.74, 6) is 0. The van der Waals surface area contributed by atoms with E-state index in [9.17, 15) is 0 Å². The Kier molecular flexibility index (Phi) is 3.97. The SMILES string of the molecule is CC[C@@H](Cc1ccc(C)cc1)NC. The number of likely N-dealkylation sites (N-methyl/N-ethyl adjacent to an activating group) is 1. The van der Waals surface area contributed by atoms with Crippen molar-refractivity contribution >= 4 is 0 Å². The van der Waals surface area contributed by atoms with Gasteiger partial charge in [0.05, 0.1) is 0 Å². The number of benzene rings is 1. The van der Waals surface area contributed by atoms with Crippen molar-refractivity contribution in [2.45, 2.75) is 32.7 Å². The molecule has 0 aliphatic carbocycles. The Balaban J connectivity index is 2.58. The van der Waals surface area contributed by atoms with Gasteiger partial charge in [0, 0.05) is 6.04 Å². The van der Waals surface area contributed by atoms with E-state index in [1.807, 2.05) is 7.05 Å². The molecule has 0 saturated heterocycles. The van der Waals surface area contributed by atoms with E-state index in [4.69, 9.17) is 0 Å². The van der Waals surface area contributed by atoms with Crippen LogP contribution in [0.5, 0.6) is 0 Å². The maximum Gasteiger partial charge on any atom is 0.0102 e. The Morgan fingerprint density at radius 3 is 2.31 bits per heavy atom. The fourth-order valence-corrected chi connectivity index (χ4v) is 1.46. The fraction of sp³-hybridized carbons (Fsp3) is 0.500. The quantitative estimate of drug-likeness (QED) is 0.745. The normalized spacial score (nSPS) is 12.8. The van der Waals surface area contributed by atoms with Crippen LogP contribution in [0.25, 0.3) is 0 Å². The van der Waals surface area contributed by atoms with Gasteiger partial charge in [0.15, 0.2) is 0 Å². The maximum absolute atomic E-state index is 3.31. The van der Waals surface area contributed by atoms with Crippen LogP contribution >= 0.6 is 0 Å². The van der Waals surface area contributed by atoms with Crippen LogP contribution in [0.2, 0.25) is 0 Å². The Hall–Kier alpha value is -0.820. The summed E-state index contributed by atoms with van der Waals surface area (Å²) in [5, 5.41) is 3.31. The van der Waals surface area contributed by atoms with Crippen LogP contribution in [0.4, 0.5) is 0 Å². The average Bonchev–Trinajstić information content (AvgIpc) is 2.17. The lowest BCUT2D eigenvalue weighted by Gasteiger charge is -2.13. The zero-order chi connectivity index (χ0) is 9.68. The molecule has 1 atom stereocenters. The zero-order valence-electron chi connectivity index (χ0n) is 8.80. The molecule has 0 radical (unpaired) electrons. The van der Waals surface area contributed by atoms with Gasteiger partial charge in [-0.1, -0.05) is 36.8 Å². The summed E-state index contributed by atoms with van der Waals surface area (Å²) >= 11 is 0. The summed E-state index contributed by atoms with van der Waals surface area (Å²) in [6, 6.07) is 9.41. The number of hydrogen-bond donors (Lipinski definition) is 1. The maximum atomic E-state index is 3.31. The van der Waals surface area contributed by atoms with Crippen molar-refractivity contribution in [2.75, 3.05) is 7.05 Å². The summed E-state index contributed by atoms with van der Waals surface area (Å²) in [6.07, 6.45) is 2.32. The third kappa shape index (κ3) is 3.19. The highest BCUT2D eigenvalue weighted by Gasteiger charge is 2.03. The van der Waals surface area contributed by atoms with Crippen molar-refractivity contribution in [2.24, 2.45) is 0 Å². The molecular weight excluding hydrogens is 158 g/mol. The fourth-order valence-electron chi connectivity index (χ4n) is 1.46. The second-order valence-electron chi connectivity index (χ2n) is 3.58. The van der Waals surface area contributed by atoms with E-state index in [1.165, 1.54) is 17.5 Å². The predicted molar refractivity (Wildman–Crippen MR) is 58.0 cm³/mol. The molecule has 0 aromatic heterocycles. The van der Waals surface area contributed by atoms with Crippen molar-refractivity contribution in [3.63, 3.8) is 0 Å². The molecule has 0 aliphatic heterocycles. The first-order valence-corrected chi connectivity index (χ1v) is 4.99. The van der Waals surface area contributed by atoms with Gasteiger partial charge in [0.2, 0.25) is 0 Å². The van der Waals surface area contributed by atoms with Crippen LogP contribution in [-0.4, -0.2) is 13.1 Å². The van der Waals surface area contributed by atoms with Gasteiger partial charge in [-0.15, -0.1) is 0 Å². The molecule has 13 heavy (non-hydrogen) atoms. The third-order valence-electron chi connectivity index (χ3n) is 2.50. The monoisotopic (exact) mass is 177 g/mol. The average molecular weight is 177 g/mol. The molecule has 0 spiro atoms. The number of hydrogen-bond acceptors (Lipinski definition) is 1. The Bertz CT molecular complexity index is 234. The highest BCUT2D eigenvalue weighted by Crippen LogP contribution is 2.07. The van der Waals surface area contributed by atoms with Gasteiger partial charge in [-0.25, -0.2) is 0 Å². The lowest BCUT2D eigenvalue weighted by molar-refractivity contribution is 0.543. The van der Waals surface area contributed by atoms with Crippen molar-refractivity contribution in [3.05, 3.63) is 35.4 Å². The highest BCUT2D eigenvalue weighted by molar-refractivity contribution is 5.21. The molecule has 72 valence electrons. The summed E-state index contributed by atoms with van der Waals surface area (Å²) in [7, 11) is 2.03. The van der Waals surface area contributed by atoms with Gasteiger partial charge >= 0.3 is 0 Å². The topological polar surface area (TPSA) is 12.0 Å². The van der Waals surface area contributed by atoms with Crippen molar-refractivity contribution in [1.82, 2.24) is 5.32 Å². The summed E-state index contributed by atoms with van der Waals surface area (Å²) in [6.45, 7) is 4.34. The Labute approximate surface area is 81.2 Å². The Morgan fingerprint density at radius 1 is 1.23 bits per heavy atom. The second-order valence-corrected chi connectivity index (χ2v) is 3.58. The van der Waals surface area contributed by atoms with Gasteiger partial charge in [-0.3, -0.25) is 0 Å². The van der Waals surface area contributed by atoms with Crippen molar-refractivity contribution < 1.29 is 0 Å². The van der Waals surface area contributed by atoms with Crippen LogP contribution in [0, 0.1) is 6.92 Å². The van der Waals surface area contributed by atoms with Crippen LogP contribution < -0.4 is 5.32 Å². The van der Waals surface area contributed by atoms with E-state index >= 15 is 0 Å². The number of nitrogens with one attached hydrogen (secondary N) is 1. The standard InChI is InChI=1S/C12H19N/c1-4-12(13-3)9-11-7-5-10(2)6-8-11/h5-8,12-13H,4,9H2,1-3H3/t12-/m0/s1. The molecule has 1 aromatic carbocycles. The Morgan fingerprint density at radius 2 is 1.85 bits per heavy atom. The van der Waals surface area contributed by atoms with E-state index in [1.54, 1.807) is 0 Å². The van der Waals surface area contributed by atoms with Crippen LogP contribution in [0.15, 0.2) is 24.3 Å². The van der Waals surface area contributed by atoms with Gasteiger partial charge < -0.3 is 5.32 Å². The minimum Gasteiger partial charge on any atom is -0.317 e. The molecule has 0 aliphatic rings. The first-order valence-electron chi connectivity index (χ1n) is 4.99. The van der Waals surface area contributed by atoms with Gasteiger partial charge in [-0.05, 0) is 32.4 Å². The van der Waals surface area contributed by atoms with E-state index in [0.717, 1.165) is 6.42 Å². The molecule has 1 aromatic rings. The summed E-state index contributed by atoms with van der Waals surface area (Å²) < 4.78 is 0.